The van der Waals surface area contributed by atoms with Crippen molar-refractivity contribution in [1.82, 2.24) is 4.98 Å². The molecule has 0 saturated heterocycles. The van der Waals surface area contributed by atoms with Crippen LogP contribution in [0.25, 0.3) is 6.08 Å². The van der Waals surface area contributed by atoms with E-state index in [4.69, 9.17) is 0 Å². The number of anilines is 1. The first kappa shape index (κ1) is 6.91. The molecule has 0 saturated carbocycles. The molecule has 2 rings (SSSR count). The summed E-state index contributed by atoms with van der Waals surface area (Å²) in [5.41, 5.74) is 1.59. The number of hydrogen-bond donors (Lipinski definition) is 2. The Morgan fingerprint density at radius 2 is 2.25 bits per heavy atom. The molecule has 0 amide bonds. The van der Waals surface area contributed by atoms with Crippen LogP contribution >= 0.6 is 0 Å². The maximum absolute atomic E-state index is 9.35. The fourth-order valence-corrected chi connectivity index (χ4v) is 1.10. The molecular weight excluding hydrogens is 152 g/mol. The van der Waals surface area contributed by atoms with Crippen LogP contribution in [0.5, 0.6) is 5.88 Å². The summed E-state index contributed by atoms with van der Waals surface area (Å²) in [5.74, 6) is 0.0555. The third-order valence-electron chi connectivity index (χ3n) is 1.68. The SMILES string of the molecule is Oc1nccc2c1C=CC=CN2. The van der Waals surface area contributed by atoms with Crippen LogP contribution in [0.2, 0.25) is 0 Å². The summed E-state index contributed by atoms with van der Waals surface area (Å²) in [7, 11) is 0. The van der Waals surface area contributed by atoms with E-state index in [0.29, 0.717) is 0 Å². The normalized spacial score (nSPS) is 13.3. The maximum Gasteiger partial charge on any atom is 0.220 e. The second-order valence-corrected chi connectivity index (χ2v) is 2.46. The highest BCUT2D eigenvalue weighted by atomic mass is 16.3. The molecular formula is C9H8N2O. The predicted octanol–water partition coefficient (Wildman–Crippen LogP) is 1.74. The van der Waals surface area contributed by atoms with Gasteiger partial charge >= 0.3 is 0 Å². The molecule has 0 aromatic carbocycles. The molecule has 0 atom stereocenters. The first-order valence-electron chi connectivity index (χ1n) is 3.65. The van der Waals surface area contributed by atoms with E-state index in [-0.39, 0.29) is 5.88 Å². The van der Waals surface area contributed by atoms with Crippen LogP contribution in [0.1, 0.15) is 5.56 Å². The van der Waals surface area contributed by atoms with Crippen molar-refractivity contribution in [2.45, 2.75) is 0 Å². The summed E-state index contributed by atoms with van der Waals surface area (Å²) in [6, 6.07) is 1.81. The Bertz CT molecular complexity index is 356. The molecule has 2 N–H and O–H groups in total. The van der Waals surface area contributed by atoms with Crippen molar-refractivity contribution in [1.29, 1.82) is 0 Å². The average Bonchev–Trinajstić information content (AvgIpc) is 2.30. The monoisotopic (exact) mass is 160 g/mol. The van der Waals surface area contributed by atoms with Crippen LogP contribution in [-0.4, -0.2) is 10.1 Å². The molecule has 1 aliphatic rings. The van der Waals surface area contributed by atoms with Crippen molar-refractivity contribution in [2.24, 2.45) is 0 Å². The summed E-state index contributed by atoms with van der Waals surface area (Å²) in [6.07, 6.45) is 8.89. The Morgan fingerprint density at radius 1 is 1.33 bits per heavy atom. The second kappa shape index (κ2) is 2.70. The lowest BCUT2D eigenvalue weighted by Crippen LogP contribution is -1.90. The molecule has 0 spiro atoms. The zero-order chi connectivity index (χ0) is 8.39. The van der Waals surface area contributed by atoms with Gasteiger partial charge in [0, 0.05) is 12.4 Å². The standard InChI is InChI=1S/C9H8N2O/c12-9-7-3-1-2-5-10-8(7)4-6-11-9/h1-6,10H,(H,11,12). The van der Waals surface area contributed by atoms with Crippen molar-refractivity contribution in [3.63, 3.8) is 0 Å². The summed E-state index contributed by atoms with van der Waals surface area (Å²) >= 11 is 0. The van der Waals surface area contributed by atoms with E-state index < -0.39 is 0 Å². The molecule has 12 heavy (non-hydrogen) atoms. The van der Waals surface area contributed by atoms with Crippen molar-refractivity contribution in [3.05, 3.63) is 36.2 Å². The van der Waals surface area contributed by atoms with E-state index >= 15 is 0 Å². The van der Waals surface area contributed by atoms with Crippen LogP contribution < -0.4 is 5.32 Å². The van der Waals surface area contributed by atoms with Gasteiger partial charge < -0.3 is 10.4 Å². The first-order valence-corrected chi connectivity index (χ1v) is 3.65. The third-order valence-corrected chi connectivity index (χ3v) is 1.68. The lowest BCUT2D eigenvalue weighted by atomic mass is 10.2. The molecule has 3 nitrogen and oxygen atoms in total. The Balaban J connectivity index is 2.59. The molecule has 60 valence electrons. The number of allylic oxidation sites excluding steroid dienone is 2. The van der Waals surface area contributed by atoms with E-state index in [1.54, 1.807) is 6.20 Å². The Kier molecular flexibility index (Phi) is 1.55. The van der Waals surface area contributed by atoms with E-state index in [9.17, 15) is 5.11 Å². The number of aromatic nitrogens is 1. The molecule has 0 bridgehead atoms. The molecule has 3 heteroatoms. The smallest absolute Gasteiger partial charge is 0.220 e. The number of pyridine rings is 1. The number of nitrogens with zero attached hydrogens (tertiary/aromatic N) is 1. The minimum absolute atomic E-state index is 0.0555. The van der Waals surface area contributed by atoms with Crippen LogP contribution in [-0.2, 0) is 0 Å². The van der Waals surface area contributed by atoms with Gasteiger partial charge in [0.1, 0.15) is 0 Å². The number of nitrogens with one attached hydrogen (secondary N) is 1. The average molecular weight is 160 g/mol. The van der Waals surface area contributed by atoms with Crippen molar-refractivity contribution in [3.8, 4) is 5.88 Å². The van der Waals surface area contributed by atoms with E-state index in [0.717, 1.165) is 11.3 Å². The van der Waals surface area contributed by atoms with E-state index in [1.807, 2.05) is 30.5 Å². The highest BCUT2D eigenvalue weighted by molar-refractivity contribution is 5.72. The van der Waals surface area contributed by atoms with Crippen LogP contribution in [0.4, 0.5) is 5.69 Å². The topological polar surface area (TPSA) is 45.2 Å². The second-order valence-electron chi connectivity index (χ2n) is 2.46. The fraction of sp³-hybridized carbons (Fsp3) is 0. The largest absolute Gasteiger partial charge is 0.493 e. The van der Waals surface area contributed by atoms with Crippen LogP contribution in [0.15, 0.2) is 30.6 Å². The molecule has 0 fully saturated rings. The van der Waals surface area contributed by atoms with Crippen LogP contribution in [0, 0.1) is 0 Å². The quantitative estimate of drug-likeness (QED) is 0.607. The van der Waals surface area contributed by atoms with Crippen molar-refractivity contribution >= 4 is 11.8 Å². The van der Waals surface area contributed by atoms with Gasteiger partial charge in [-0.05, 0) is 18.2 Å². The van der Waals surface area contributed by atoms with Gasteiger partial charge in [-0.2, -0.15) is 0 Å². The molecule has 1 aromatic heterocycles. The van der Waals surface area contributed by atoms with Crippen molar-refractivity contribution < 1.29 is 5.11 Å². The van der Waals surface area contributed by atoms with Gasteiger partial charge in [0.15, 0.2) is 0 Å². The van der Waals surface area contributed by atoms with Gasteiger partial charge in [0.2, 0.25) is 5.88 Å². The number of fused-ring (bicyclic) bond motifs is 1. The summed E-state index contributed by atoms with van der Waals surface area (Å²) < 4.78 is 0. The highest BCUT2D eigenvalue weighted by Crippen LogP contribution is 2.25. The van der Waals surface area contributed by atoms with E-state index in [2.05, 4.69) is 10.3 Å². The highest BCUT2D eigenvalue weighted by Gasteiger charge is 2.04. The first-order chi connectivity index (χ1) is 5.88. The van der Waals surface area contributed by atoms with Crippen molar-refractivity contribution in [2.75, 3.05) is 5.32 Å². The minimum Gasteiger partial charge on any atom is -0.493 e. The Labute approximate surface area is 70.1 Å². The Hall–Kier alpha value is -1.77. The molecule has 0 unspecified atom stereocenters. The molecule has 1 aromatic rings. The van der Waals surface area contributed by atoms with Gasteiger partial charge in [0.25, 0.3) is 0 Å². The fourth-order valence-electron chi connectivity index (χ4n) is 1.10. The van der Waals surface area contributed by atoms with Gasteiger partial charge in [-0.15, -0.1) is 0 Å². The zero-order valence-corrected chi connectivity index (χ0v) is 6.36. The third kappa shape index (κ3) is 1.05. The lowest BCUT2D eigenvalue weighted by Gasteiger charge is -2.04. The lowest BCUT2D eigenvalue weighted by molar-refractivity contribution is 0.452. The minimum atomic E-state index is 0.0555. The van der Waals surface area contributed by atoms with Gasteiger partial charge in [-0.25, -0.2) is 4.98 Å². The van der Waals surface area contributed by atoms with Gasteiger partial charge in [-0.3, -0.25) is 0 Å². The zero-order valence-electron chi connectivity index (χ0n) is 6.36. The number of aromatic hydroxyl groups is 1. The molecule has 2 heterocycles. The maximum atomic E-state index is 9.35. The number of hydrogen-bond acceptors (Lipinski definition) is 3. The predicted molar refractivity (Wildman–Crippen MR) is 47.7 cm³/mol. The molecule has 0 aliphatic carbocycles. The summed E-state index contributed by atoms with van der Waals surface area (Å²) in [5, 5.41) is 12.4. The van der Waals surface area contributed by atoms with Gasteiger partial charge in [-0.1, -0.05) is 6.08 Å². The van der Waals surface area contributed by atoms with Gasteiger partial charge in [0.05, 0.1) is 11.3 Å². The number of rotatable bonds is 0. The van der Waals surface area contributed by atoms with Crippen LogP contribution in [0.3, 0.4) is 0 Å². The molecule has 1 aliphatic heterocycles. The molecule has 0 radical (unpaired) electrons. The summed E-state index contributed by atoms with van der Waals surface area (Å²) in [6.45, 7) is 0. The summed E-state index contributed by atoms with van der Waals surface area (Å²) in [4.78, 5) is 3.77. The Morgan fingerprint density at radius 3 is 3.17 bits per heavy atom. The van der Waals surface area contributed by atoms with E-state index in [1.165, 1.54) is 0 Å².